The third-order valence-electron chi connectivity index (χ3n) is 4.77. The molecule has 0 saturated heterocycles. The number of hydrogen-bond donors (Lipinski definition) is 2. The Hall–Kier alpha value is -4.34. The number of aromatic carboxylic acids is 1. The molecule has 0 bridgehead atoms. The SMILES string of the molecule is N#C/C(=C\c1ccc(-c2ccc(Cl)c(C(=O)O)c2)o1)C(=O)Nc1ccc2ccccc2c1. The van der Waals surface area contributed by atoms with Gasteiger partial charge in [0.05, 0.1) is 10.6 Å². The molecule has 2 N–H and O–H groups in total. The molecule has 32 heavy (non-hydrogen) atoms. The summed E-state index contributed by atoms with van der Waals surface area (Å²) in [6, 6.07) is 22.8. The van der Waals surface area contributed by atoms with Gasteiger partial charge in [-0.2, -0.15) is 5.26 Å². The highest BCUT2D eigenvalue weighted by Gasteiger charge is 2.14. The molecule has 0 aliphatic heterocycles. The van der Waals surface area contributed by atoms with Gasteiger partial charge in [0, 0.05) is 17.3 Å². The molecule has 1 heterocycles. The van der Waals surface area contributed by atoms with Crippen molar-refractivity contribution in [1.29, 1.82) is 5.26 Å². The summed E-state index contributed by atoms with van der Waals surface area (Å²) >= 11 is 5.90. The predicted octanol–water partition coefficient (Wildman–Crippen LogP) is 6.00. The van der Waals surface area contributed by atoms with E-state index in [0.29, 0.717) is 17.0 Å². The first-order valence-corrected chi connectivity index (χ1v) is 9.87. The number of nitriles is 1. The highest BCUT2D eigenvalue weighted by Crippen LogP contribution is 2.28. The summed E-state index contributed by atoms with van der Waals surface area (Å²) in [4.78, 5) is 23.9. The van der Waals surface area contributed by atoms with Gasteiger partial charge < -0.3 is 14.8 Å². The number of carbonyl (C=O) groups excluding carboxylic acids is 1. The van der Waals surface area contributed by atoms with Crippen molar-refractivity contribution in [3.05, 3.63) is 94.7 Å². The van der Waals surface area contributed by atoms with E-state index in [9.17, 15) is 20.0 Å². The average molecular weight is 443 g/mol. The Morgan fingerprint density at radius 1 is 1.00 bits per heavy atom. The van der Waals surface area contributed by atoms with Crippen molar-refractivity contribution < 1.29 is 19.1 Å². The number of halogens is 1. The topological polar surface area (TPSA) is 103 Å². The molecule has 1 amide bonds. The number of amides is 1. The maximum Gasteiger partial charge on any atom is 0.337 e. The molecule has 6 nitrogen and oxygen atoms in total. The van der Waals surface area contributed by atoms with Crippen molar-refractivity contribution in [3.63, 3.8) is 0 Å². The molecule has 156 valence electrons. The minimum absolute atomic E-state index is 0.0508. The van der Waals surface area contributed by atoms with Gasteiger partial charge in [-0.3, -0.25) is 4.79 Å². The van der Waals surface area contributed by atoms with Crippen LogP contribution in [0.3, 0.4) is 0 Å². The zero-order valence-electron chi connectivity index (χ0n) is 16.5. The zero-order chi connectivity index (χ0) is 22.7. The van der Waals surface area contributed by atoms with Crippen molar-refractivity contribution in [3.8, 4) is 17.4 Å². The first-order valence-electron chi connectivity index (χ1n) is 9.49. The predicted molar refractivity (Wildman–Crippen MR) is 122 cm³/mol. The monoisotopic (exact) mass is 442 g/mol. The maximum atomic E-state index is 12.6. The fourth-order valence-electron chi connectivity index (χ4n) is 3.18. The van der Waals surface area contributed by atoms with Crippen molar-refractivity contribution >= 4 is 46.0 Å². The van der Waals surface area contributed by atoms with E-state index in [1.165, 1.54) is 18.2 Å². The number of carbonyl (C=O) groups is 2. The summed E-state index contributed by atoms with van der Waals surface area (Å²) in [6.45, 7) is 0. The van der Waals surface area contributed by atoms with Crippen LogP contribution in [0, 0.1) is 11.3 Å². The van der Waals surface area contributed by atoms with E-state index in [1.54, 1.807) is 24.3 Å². The summed E-state index contributed by atoms with van der Waals surface area (Å²) in [5.41, 5.74) is 0.884. The Bertz CT molecular complexity index is 1430. The highest BCUT2D eigenvalue weighted by molar-refractivity contribution is 6.33. The number of carboxylic acid groups (broad SMARTS) is 1. The number of nitrogens with one attached hydrogen (secondary N) is 1. The van der Waals surface area contributed by atoms with E-state index in [4.69, 9.17) is 16.0 Å². The number of hydrogen-bond acceptors (Lipinski definition) is 4. The fourth-order valence-corrected chi connectivity index (χ4v) is 3.38. The molecule has 4 rings (SSSR count). The lowest BCUT2D eigenvalue weighted by molar-refractivity contribution is -0.112. The van der Waals surface area contributed by atoms with Gasteiger partial charge in [0.1, 0.15) is 23.2 Å². The second-order valence-electron chi connectivity index (χ2n) is 6.89. The lowest BCUT2D eigenvalue weighted by Crippen LogP contribution is -2.13. The number of carboxylic acids is 1. The average Bonchev–Trinajstić information content (AvgIpc) is 3.26. The molecule has 1 aromatic heterocycles. The van der Waals surface area contributed by atoms with E-state index in [-0.39, 0.29) is 21.9 Å². The third-order valence-corrected chi connectivity index (χ3v) is 5.10. The van der Waals surface area contributed by atoms with Gasteiger partial charge in [-0.15, -0.1) is 0 Å². The van der Waals surface area contributed by atoms with Gasteiger partial charge in [-0.25, -0.2) is 4.79 Å². The Balaban J connectivity index is 1.56. The Morgan fingerprint density at radius 3 is 2.53 bits per heavy atom. The summed E-state index contributed by atoms with van der Waals surface area (Å²) in [7, 11) is 0. The van der Waals surface area contributed by atoms with Crippen molar-refractivity contribution in [2.45, 2.75) is 0 Å². The summed E-state index contributed by atoms with van der Waals surface area (Å²) < 4.78 is 5.69. The summed E-state index contributed by atoms with van der Waals surface area (Å²) in [6.07, 6.45) is 1.33. The molecule has 7 heteroatoms. The Kier molecular flexibility index (Phi) is 5.75. The molecule has 0 aliphatic rings. The van der Waals surface area contributed by atoms with Crippen LogP contribution in [0.1, 0.15) is 16.1 Å². The fraction of sp³-hybridized carbons (Fsp3) is 0. The first-order chi connectivity index (χ1) is 15.4. The van der Waals surface area contributed by atoms with E-state index in [1.807, 2.05) is 42.5 Å². The molecule has 4 aromatic rings. The number of anilines is 1. The molecular weight excluding hydrogens is 428 g/mol. The van der Waals surface area contributed by atoms with Gasteiger partial charge in [0.25, 0.3) is 5.91 Å². The Labute approximate surface area is 188 Å². The van der Waals surface area contributed by atoms with Crippen LogP contribution in [0.15, 0.2) is 82.8 Å². The largest absolute Gasteiger partial charge is 0.478 e. The van der Waals surface area contributed by atoms with Crippen molar-refractivity contribution in [1.82, 2.24) is 0 Å². The minimum Gasteiger partial charge on any atom is -0.478 e. The third kappa shape index (κ3) is 4.38. The molecule has 0 radical (unpaired) electrons. The van der Waals surface area contributed by atoms with Crippen LogP contribution < -0.4 is 5.32 Å². The van der Waals surface area contributed by atoms with E-state index >= 15 is 0 Å². The Morgan fingerprint density at radius 2 is 1.78 bits per heavy atom. The van der Waals surface area contributed by atoms with Crippen LogP contribution >= 0.6 is 11.6 Å². The number of rotatable bonds is 5. The quantitative estimate of drug-likeness (QED) is 0.291. The van der Waals surface area contributed by atoms with Crippen molar-refractivity contribution in [2.24, 2.45) is 0 Å². The van der Waals surface area contributed by atoms with Gasteiger partial charge in [-0.1, -0.05) is 41.9 Å². The molecule has 0 aliphatic carbocycles. The van der Waals surface area contributed by atoms with Gasteiger partial charge in [0.2, 0.25) is 0 Å². The smallest absolute Gasteiger partial charge is 0.337 e. The van der Waals surface area contributed by atoms with Gasteiger partial charge in [-0.05, 0) is 53.2 Å². The molecule has 0 atom stereocenters. The second kappa shape index (κ2) is 8.80. The molecule has 0 fully saturated rings. The van der Waals surface area contributed by atoms with Crippen LogP contribution in [0.4, 0.5) is 5.69 Å². The van der Waals surface area contributed by atoms with E-state index < -0.39 is 11.9 Å². The summed E-state index contributed by atoms with van der Waals surface area (Å²) in [5.74, 6) is -1.07. The molecular formula is C25H15ClN2O4. The van der Waals surface area contributed by atoms with Crippen LogP contribution in [0.5, 0.6) is 0 Å². The van der Waals surface area contributed by atoms with Gasteiger partial charge in [0.15, 0.2) is 0 Å². The van der Waals surface area contributed by atoms with Crippen LogP contribution in [-0.4, -0.2) is 17.0 Å². The molecule has 3 aromatic carbocycles. The first kappa shape index (κ1) is 20.9. The number of furan rings is 1. The summed E-state index contributed by atoms with van der Waals surface area (Å²) in [5, 5.41) is 23.5. The molecule has 0 saturated carbocycles. The highest BCUT2D eigenvalue weighted by atomic mass is 35.5. The standard InChI is InChI=1S/C25H15ClN2O4/c26-22-9-6-17(13-21(22)25(30)31)23-10-8-20(32-23)12-18(14-27)24(29)28-19-7-5-15-3-1-2-4-16(15)11-19/h1-13H,(H,28,29)(H,30,31)/b18-12+. The number of fused-ring (bicyclic) bond motifs is 1. The van der Waals surface area contributed by atoms with Crippen LogP contribution in [0.25, 0.3) is 28.2 Å². The zero-order valence-corrected chi connectivity index (χ0v) is 17.3. The molecule has 0 unspecified atom stereocenters. The van der Waals surface area contributed by atoms with Crippen LogP contribution in [0.2, 0.25) is 5.02 Å². The van der Waals surface area contributed by atoms with E-state index in [0.717, 1.165) is 10.8 Å². The number of benzene rings is 3. The minimum atomic E-state index is -1.15. The lowest BCUT2D eigenvalue weighted by Gasteiger charge is -2.06. The normalized spacial score (nSPS) is 11.2. The maximum absolute atomic E-state index is 12.6. The second-order valence-corrected chi connectivity index (χ2v) is 7.29. The lowest BCUT2D eigenvalue weighted by atomic mass is 10.1. The van der Waals surface area contributed by atoms with Crippen molar-refractivity contribution in [2.75, 3.05) is 5.32 Å². The van der Waals surface area contributed by atoms with Gasteiger partial charge >= 0.3 is 5.97 Å². The number of nitrogens with zero attached hydrogens (tertiary/aromatic N) is 1. The molecule has 0 spiro atoms. The van der Waals surface area contributed by atoms with E-state index in [2.05, 4.69) is 5.32 Å². The van der Waals surface area contributed by atoms with Crippen LogP contribution in [-0.2, 0) is 4.79 Å².